The van der Waals surface area contributed by atoms with Crippen LogP contribution in [0.5, 0.6) is 0 Å². The van der Waals surface area contributed by atoms with E-state index in [1.54, 1.807) is 22.7 Å². The van der Waals surface area contributed by atoms with E-state index >= 15 is 0 Å². The number of fused-ring (bicyclic) bond motifs is 1. The molecule has 0 aromatic carbocycles. The molecule has 130 valence electrons. The van der Waals surface area contributed by atoms with Crippen LogP contribution in [0.3, 0.4) is 0 Å². The first-order valence-electron chi connectivity index (χ1n) is 7.91. The Kier molecular flexibility index (Phi) is 5.23. The van der Waals surface area contributed by atoms with Crippen LogP contribution in [0.15, 0.2) is 24.4 Å². The minimum atomic E-state index is -0.379. The molecule has 2 heterocycles. The number of amides is 2. The number of pyridine rings is 1. The summed E-state index contributed by atoms with van der Waals surface area (Å²) < 4.78 is 1.64. The van der Waals surface area contributed by atoms with Crippen molar-refractivity contribution in [2.24, 2.45) is 0 Å². The molecule has 0 spiro atoms. The van der Waals surface area contributed by atoms with Gasteiger partial charge in [-0.2, -0.15) is 0 Å². The van der Waals surface area contributed by atoms with Gasteiger partial charge in [0.1, 0.15) is 0 Å². The van der Waals surface area contributed by atoms with E-state index in [2.05, 4.69) is 15.6 Å². The molecule has 0 bridgehead atoms. The lowest BCUT2D eigenvalue weighted by atomic mass is 10.1. The van der Waals surface area contributed by atoms with Gasteiger partial charge >= 0.3 is 0 Å². The number of hydrogen-bond donors (Lipinski definition) is 2. The standard InChI is InChI=1S/C17H25N5O2/c1-17(2,3)20-15(23)13-12-8-6-7-10-22(12)14(19-13)16(24)18-9-11-21(4)5/h6-8,10H,9,11H2,1-5H3,(H,18,24)(H,20,23). The fourth-order valence-electron chi connectivity index (χ4n) is 2.24. The van der Waals surface area contributed by atoms with Crippen molar-refractivity contribution in [3.8, 4) is 0 Å². The predicted molar refractivity (Wildman–Crippen MR) is 93.3 cm³/mol. The van der Waals surface area contributed by atoms with E-state index in [-0.39, 0.29) is 28.9 Å². The minimum Gasteiger partial charge on any atom is -0.348 e. The predicted octanol–water partition coefficient (Wildman–Crippen LogP) is 1.15. The van der Waals surface area contributed by atoms with E-state index in [1.807, 2.05) is 45.8 Å². The van der Waals surface area contributed by atoms with Crippen molar-refractivity contribution in [2.75, 3.05) is 27.2 Å². The molecule has 2 aromatic rings. The van der Waals surface area contributed by atoms with Crippen LogP contribution in [0.1, 0.15) is 41.9 Å². The van der Waals surface area contributed by atoms with Crippen LogP contribution in [0.4, 0.5) is 0 Å². The van der Waals surface area contributed by atoms with Crippen molar-refractivity contribution in [1.82, 2.24) is 24.9 Å². The first kappa shape index (κ1) is 17.9. The average Bonchev–Trinajstić information content (AvgIpc) is 2.84. The van der Waals surface area contributed by atoms with E-state index in [1.165, 1.54) is 0 Å². The van der Waals surface area contributed by atoms with Crippen LogP contribution in [0.2, 0.25) is 0 Å². The Morgan fingerprint density at radius 3 is 2.54 bits per heavy atom. The highest BCUT2D eigenvalue weighted by molar-refractivity contribution is 6.02. The number of carbonyl (C=O) groups excluding carboxylic acids is 2. The molecule has 0 atom stereocenters. The molecule has 2 rings (SSSR count). The molecule has 2 N–H and O–H groups in total. The van der Waals surface area contributed by atoms with Gasteiger partial charge in [-0.15, -0.1) is 0 Å². The number of nitrogens with zero attached hydrogens (tertiary/aromatic N) is 3. The lowest BCUT2D eigenvalue weighted by Crippen LogP contribution is -2.40. The third-order valence-corrected chi connectivity index (χ3v) is 3.30. The fourth-order valence-corrected chi connectivity index (χ4v) is 2.24. The van der Waals surface area contributed by atoms with Crippen molar-refractivity contribution in [3.05, 3.63) is 35.9 Å². The van der Waals surface area contributed by atoms with Crippen LogP contribution in [-0.4, -0.2) is 58.8 Å². The molecule has 0 aliphatic heterocycles. The summed E-state index contributed by atoms with van der Waals surface area (Å²) in [7, 11) is 3.87. The second-order valence-corrected chi connectivity index (χ2v) is 7.00. The van der Waals surface area contributed by atoms with Crippen molar-refractivity contribution in [1.29, 1.82) is 0 Å². The molecule has 0 saturated carbocycles. The molecule has 2 amide bonds. The van der Waals surface area contributed by atoms with Crippen LogP contribution in [-0.2, 0) is 0 Å². The zero-order chi connectivity index (χ0) is 17.9. The Morgan fingerprint density at radius 1 is 1.21 bits per heavy atom. The second kappa shape index (κ2) is 7.00. The van der Waals surface area contributed by atoms with Crippen molar-refractivity contribution in [2.45, 2.75) is 26.3 Å². The monoisotopic (exact) mass is 331 g/mol. The van der Waals surface area contributed by atoms with Gasteiger partial charge in [0, 0.05) is 24.8 Å². The molecule has 0 fully saturated rings. The SMILES string of the molecule is CN(C)CCNC(=O)c1nc(C(=O)NC(C)(C)C)c2ccccn12. The average molecular weight is 331 g/mol. The second-order valence-electron chi connectivity index (χ2n) is 7.00. The Balaban J connectivity index is 2.31. The number of aromatic nitrogens is 2. The van der Waals surface area contributed by atoms with Crippen molar-refractivity contribution < 1.29 is 9.59 Å². The number of imidazole rings is 1. The molecule has 0 radical (unpaired) electrons. The number of likely N-dealkylation sites (N-methyl/N-ethyl adjacent to an activating group) is 1. The number of hydrogen-bond acceptors (Lipinski definition) is 4. The van der Waals surface area contributed by atoms with E-state index in [0.29, 0.717) is 12.1 Å². The quantitative estimate of drug-likeness (QED) is 0.862. The maximum absolute atomic E-state index is 12.5. The van der Waals surface area contributed by atoms with Gasteiger partial charge < -0.3 is 15.5 Å². The van der Waals surface area contributed by atoms with Gasteiger partial charge in [0.15, 0.2) is 5.69 Å². The Bertz CT molecular complexity index is 743. The largest absolute Gasteiger partial charge is 0.348 e. The van der Waals surface area contributed by atoms with Crippen molar-refractivity contribution >= 4 is 17.3 Å². The first-order valence-corrected chi connectivity index (χ1v) is 7.91. The van der Waals surface area contributed by atoms with Gasteiger partial charge in [-0.1, -0.05) is 6.07 Å². The molecule has 0 aliphatic carbocycles. The van der Waals surface area contributed by atoms with E-state index < -0.39 is 0 Å². The molecular weight excluding hydrogens is 306 g/mol. The molecule has 24 heavy (non-hydrogen) atoms. The highest BCUT2D eigenvalue weighted by atomic mass is 16.2. The molecular formula is C17H25N5O2. The summed E-state index contributed by atoms with van der Waals surface area (Å²) in [5, 5.41) is 5.71. The smallest absolute Gasteiger partial charge is 0.287 e. The Morgan fingerprint density at radius 2 is 1.92 bits per heavy atom. The zero-order valence-corrected chi connectivity index (χ0v) is 14.9. The number of rotatable bonds is 5. The van der Waals surface area contributed by atoms with Crippen LogP contribution < -0.4 is 10.6 Å². The van der Waals surface area contributed by atoms with Gasteiger partial charge in [-0.25, -0.2) is 4.98 Å². The minimum absolute atomic E-state index is 0.211. The zero-order valence-electron chi connectivity index (χ0n) is 14.9. The number of carbonyl (C=O) groups is 2. The third-order valence-electron chi connectivity index (χ3n) is 3.30. The summed E-state index contributed by atoms with van der Waals surface area (Å²) in [5.74, 6) is -0.380. The Hall–Kier alpha value is -2.41. The molecule has 0 saturated heterocycles. The summed E-state index contributed by atoms with van der Waals surface area (Å²) in [6, 6.07) is 5.40. The van der Waals surface area contributed by atoms with Crippen molar-refractivity contribution in [3.63, 3.8) is 0 Å². The van der Waals surface area contributed by atoms with E-state index in [0.717, 1.165) is 6.54 Å². The van der Waals surface area contributed by atoms with Crippen LogP contribution in [0, 0.1) is 0 Å². The summed E-state index contributed by atoms with van der Waals surface area (Å²) in [4.78, 5) is 31.2. The topological polar surface area (TPSA) is 78.7 Å². The lowest BCUT2D eigenvalue weighted by Gasteiger charge is -2.19. The summed E-state index contributed by atoms with van der Waals surface area (Å²) in [5.41, 5.74) is 0.482. The van der Waals surface area contributed by atoms with Crippen LogP contribution >= 0.6 is 0 Å². The van der Waals surface area contributed by atoms with Crippen LogP contribution in [0.25, 0.3) is 5.52 Å². The normalized spacial score (nSPS) is 11.8. The molecule has 0 unspecified atom stereocenters. The summed E-state index contributed by atoms with van der Waals surface area (Å²) >= 11 is 0. The van der Waals surface area contributed by atoms with Gasteiger partial charge in [-0.3, -0.25) is 14.0 Å². The highest BCUT2D eigenvalue weighted by Crippen LogP contribution is 2.14. The van der Waals surface area contributed by atoms with Gasteiger partial charge in [0.25, 0.3) is 11.8 Å². The molecule has 7 heteroatoms. The maximum atomic E-state index is 12.5. The van der Waals surface area contributed by atoms with Gasteiger partial charge in [0.2, 0.25) is 5.82 Å². The first-order chi connectivity index (χ1) is 11.2. The Labute approximate surface area is 142 Å². The number of nitrogens with one attached hydrogen (secondary N) is 2. The molecule has 7 nitrogen and oxygen atoms in total. The molecule has 0 aliphatic rings. The van der Waals surface area contributed by atoms with E-state index in [4.69, 9.17) is 0 Å². The maximum Gasteiger partial charge on any atom is 0.287 e. The fraction of sp³-hybridized carbons (Fsp3) is 0.471. The highest BCUT2D eigenvalue weighted by Gasteiger charge is 2.23. The van der Waals surface area contributed by atoms with Gasteiger partial charge in [-0.05, 0) is 47.0 Å². The lowest BCUT2D eigenvalue weighted by molar-refractivity contribution is 0.0916. The summed E-state index contributed by atoms with van der Waals surface area (Å²) in [6.07, 6.45) is 1.73. The molecule has 2 aromatic heterocycles. The van der Waals surface area contributed by atoms with Gasteiger partial charge in [0.05, 0.1) is 5.52 Å². The summed E-state index contributed by atoms with van der Waals surface area (Å²) in [6.45, 7) is 6.94. The third kappa shape index (κ3) is 4.32. The van der Waals surface area contributed by atoms with E-state index in [9.17, 15) is 9.59 Å².